The van der Waals surface area contributed by atoms with Gasteiger partial charge in [0.2, 0.25) is 0 Å². The molecule has 23 heavy (non-hydrogen) atoms. The maximum absolute atomic E-state index is 11.6. The predicted molar refractivity (Wildman–Crippen MR) is 90.6 cm³/mol. The van der Waals surface area contributed by atoms with Crippen LogP contribution in [0.25, 0.3) is 0 Å². The average molecular weight is 361 g/mol. The summed E-state index contributed by atoms with van der Waals surface area (Å²) in [6.07, 6.45) is 3.81. The zero-order chi connectivity index (χ0) is 17.1. The summed E-state index contributed by atoms with van der Waals surface area (Å²) in [5, 5.41) is 0.809. The Hall–Kier alpha value is -1.26. The minimum absolute atomic E-state index is 0.0691. The first-order valence-corrected chi connectivity index (χ1v) is 8.54. The second kappa shape index (κ2) is 11.3. The highest BCUT2D eigenvalue weighted by Crippen LogP contribution is 2.26. The Balaban J connectivity index is 2.17. The fourth-order valence-corrected chi connectivity index (χ4v) is 2.25. The van der Waals surface area contributed by atoms with Crippen LogP contribution in [-0.2, 0) is 25.7 Å². The van der Waals surface area contributed by atoms with E-state index in [9.17, 15) is 9.59 Å². The van der Waals surface area contributed by atoms with E-state index in [1.54, 1.807) is 18.2 Å². The average Bonchev–Trinajstić information content (AvgIpc) is 2.53. The third kappa shape index (κ3) is 8.24. The van der Waals surface area contributed by atoms with Gasteiger partial charge in [0.1, 0.15) is 6.61 Å². The van der Waals surface area contributed by atoms with Crippen LogP contribution >= 0.6 is 23.2 Å². The van der Waals surface area contributed by atoms with E-state index in [0.717, 1.165) is 19.3 Å². The van der Waals surface area contributed by atoms with Crippen LogP contribution in [0.5, 0.6) is 0 Å². The summed E-state index contributed by atoms with van der Waals surface area (Å²) in [5.74, 6) is -0.647. The minimum Gasteiger partial charge on any atom is -0.466 e. The van der Waals surface area contributed by atoms with Gasteiger partial charge in [0, 0.05) is 18.4 Å². The lowest BCUT2D eigenvalue weighted by Gasteiger charge is -2.07. The number of carbonyl (C=O) groups excluding carboxylic acids is 2. The van der Waals surface area contributed by atoms with Gasteiger partial charge in [0.25, 0.3) is 0 Å². The molecule has 1 aromatic rings. The van der Waals surface area contributed by atoms with Crippen LogP contribution in [0.1, 0.15) is 51.0 Å². The van der Waals surface area contributed by atoms with Crippen molar-refractivity contribution in [2.75, 3.05) is 6.61 Å². The first-order valence-electron chi connectivity index (χ1n) is 7.78. The van der Waals surface area contributed by atoms with Crippen molar-refractivity contribution in [1.29, 1.82) is 0 Å². The molecule has 0 aliphatic rings. The largest absolute Gasteiger partial charge is 0.466 e. The van der Waals surface area contributed by atoms with Gasteiger partial charge in [-0.05, 0) is 18.9 Å². The van der Waals surface area contributed by atoms with Gasteiger partial charge in [0.15, 0.2) is 0 Å². The Morgan fingerprint density at radius 1 is 1.00 bits per heavy atom. The van der Waals surface area contributed by atoms with Crippen molar-refractivity contribution in [3.8, 4) is 0 Å². The Kier molecular flexibility index (Phi) is 9.72. The molecule has 0 unspecified atom stereocenters. The van der Waals surface area contributed by atoms with E-state index in [-0.39, 0.29) is 31.4 Å². The molecule has 0 bridgehead atoms. The van der Waals surface area contributed by atoms with E-state index < -0.39 is 0 Å². The Labute approximate surface area is 147 Å². The van der Waals surface area contributed by atoms with Gasteiger partial charge < -0.3 is 9.47 Å². The molecule has 0 heterocycles. The molecule has 1 rings (SSSR count). The molecular formula is C17H22Cl2O4. The van der Waals surface area contributed by atoms with Gasteiger partial charge in [-0.2, -0.15) is 0 Å². The van der Waals surface area contributed by atoms with Gasteiger partial charge >= 0.3 is 11.9 Å². The van der Waals surface area contributed by atoms with Crippen molar-refractivity contribution in [1.82, 2.24) is 0 Å². The zero-order valence-corrected chi connectivity index (χ0v) is 14.8. The zero-order valence-electron chi connectivity index (χ0n) is 13.3. The van der Waals surface area contributed by atoms with Crippen LogP contribution in [0.2, 0.25) is 10.0 Å². The molecule has 0 fully saturated rings. The summed E-state index contributed by atoms with van der Waals surface area (Å²) >= 11 is 11.9. The van der Waals surface area contributed by atoms with Crippen LogP contribution in [0.3, 0.4) is 0 Å². The fraction of sp³-hybridized carbons (Fsp3) is 0.529. The second-order valence-electron chi connectivity index (χ2n) is 5.15. The van der Waals surface area contributed by atoms with E-state index in [2.05, 4.69) is 6.92 Å². The second-order valence-corrected chi connectivity index (χ2v) is 5.94. The van der Waals surface area contributed by atoms with E-state index >= 15 is 0 Å². The highest BCUT2D eigenvalue weighted by molar-refractivity contribution is 6.42. The normalized spacial score (nSPS) is 10.4. The Morgan fingerprint density at radius 2 is 1.70 bits per heavy atom. The summed E-state index contributed by atoms with van der Waals surface area (Å²) in [6.45, 7) is 2.61. The lowest BCUT2D eigenvalue weighted by molar-refractivity contribution is -0.146. The molecule has 6 heteroatoms. The van der Waals surface area contributed by atoms with E-state index in [4.69, 9.17) is 32.7 Å². The summed E-state index contributed by atoms with van der Waals surface area (Å²) < 4.78 is 10.2. The molecule has 0 saturated carbocycles. The third-order valence-corrected chi connectivity index (χ3v) is 4.05. The molecule has 0 aromatic heterocycles. The molecule has 0 spiro atoms. The number of hydrogen-bond acceptors (Lipinski definition) is 4. The van der Waals surface area contributed by atoms with Crippen molar-refractivity contribution in [2.24, 2.45) is 0 Å². The summed E-state index contributed by atoms with van der Waals surface area (Å²) in [7, 11) is 0. The molecule has 0 aliphatic carbocycles. The van der Waals surface area contributed by atoms with Crippen LogP contribution in [0.15, 0.2) is 18.2 Å². The summed E-state index contributed by atoms with van der Waals surface area (Å²) in [4.78, 5) is 23.1. The monoisotopic (exact) mass is 360 g/mol. The number of hydrogen-bond donors (Lipinski definition) is 0. The minimum atomic E-state index is -0.375. The van der Waals surface area contributed by atoms with Gasteiger partial charge in [-0.3, -0.25) is 9.59 Å². The maximum Gasteiger partial charge on any atom is 0.306 e. The van der Waals surface area contributed by atoms with Gasteiger partial charge in [0.05, 0.1) is 16.7 Å². The molecule has 4 nitrogen and oxygen atoms in total. The molecule has 0 N–H and O–H groups in total. The quantitative estimate of drug-likeness (QED) is 0.438. The maximum atomic E-state index is 11.6. The number of unbranched alkanes of at least 4 members (excludes halogenated alkanes) is 2. The SMILES string of the molecule is CCCCCOC(=O)CCCC(=O)OCc1cccc(Cl)c1Cl. The topological polar surface area (TPSA) is 52.6 Å². The Bertz CT molecular complexity index is 517. The number of benzene rings is 1. The molecular weight excluding hydrogens is 339 g/mol. The smallest absolute Gasteiger partial charge is 0.306 e. The van der Waals surface area contributed by atoms with Crippen molar-refractivity contribution < 1.29 is 19.1 Å². The first kappa shape index (κ1) is 19.8. The molecule has 0 aliphatic heterocycles. The molecule has 0 atom stereocenters. The highest BCUT2D eigenvalue weighted by atomic mass is 35.5. The van der Waals surface area contributed by atoms with E-state index in [1.165, 1.54) is 0 Å². The fourth-order valence-electron chi connectivity index (χ4n) is 1.88. The van der Waals surface area contributed by atoms with Gasteiger partial charge in [-0.1, -0.05) is 55.1 Å². The number of ether oxygens (including phenoxy) is 2. The van der Waals surface area contributed by atoms with Crippen molar-refractivity contribution in [3.05, 3.63) is 33.8 Å². The lowest BCUT2D eigenvalue weighted by atomic mass is 10.2. The van der Waals surface area contributed by atoms with Gasteiger partial charge in [-0.15, -0.1) is 0 Å². The molecule has 128 valence electrons. The number of carbonyl (C=O) groups is 2. The number of halogens is 2. The van der Waals surface area contributed by atoms with E-state index in [1.807, 2.05) is 0 Å². The number of esters is 2. The lowest BCUT2D eigenvalue weighted by Crippen LogP contribution is -2.09. The standard InChI is InChI=1S/C17H22Cl2O4/c1-2-3-4-11-22-15(20)9-6-10-16(21)23-12-13-7-5-8-14(18)17(13)19/h5,7-8H,2-4,6,9-12H2,1H3. The van der Waals surface area contributed by atoms with Crippen LogP contribution < -0.4 is 0 Å². The van der Waals surface area contributed by atoms with Crippen molar-refractivity contribution in [2.45, 2.75) is 52.1 Å². The molecule has 0 amide bonds. The summed E-state index contributed by atoms with van der Waals surface area (Å²) in [5.41, 5.74) is 0.655. The third-order valence-electron chi connectivity index (χ3n) is 3.19. The van der Waals surface area contributed by atoms with Crippen molar-refractivity contribution in [3.63, 3.8) is 0 Å². The van der Waals surface area contributed by atoms with Crippen LogP contribution in [0, 0.1) is 0 Å². The van der Waals surface area contributed by atoms with Gasteiger partial charge in [-0.25, -0.2) is 0 Å². The highest BCUT2D eigenvalue weighted by Gasteiger charge is 2.10. The summed E-state index contributed by atoms with van der Waals surface area (Å²) in [6, 6.07) is 5.16. The van der Waals surface area contributed by atoms with Crippen molar-refractivity contribution >= 4 is 35.1 Å². The van der Waals surface area contributed by atoms with E-state index in [0.29, 0.717) is 28.6 Å². The Morgan fingerprint density at radius 3 is 2.39 bits per heavy atom. The molecule has 1 aromatic carbocycles. The first-order chi connectivity index (χ1) is 11.0. The van der Waals surface area contributed by atoms with Crippen LogP contribution in [0.4, 0.5) is 0 Å². The molecule has 0 radical (unpaired) electrons. The van der Waals surface area contributed by atoms with Crippen LogP contribution in [-0.4, -0.2) is 18.5 Å². The molecule has 0 saturated heterocycles. The predicted octanol–water partition coefficient (Wildman–Crippen LogP) is 4.94. The number of rotatable bonds is 10.